The van der Waals surface area contributed by atoms with Crippen molar-refractivity contribution in [1.29, 1.82) is 0 Å². The maximum atomic E-state index is 3.55. The van der Waals surface area contributed by atoms with E-state index in [1.807, 2.05) is 0 Å². The van der Waals surface area contributed by atoms with Crippen molar-refractivity contribution in [3.05, 3.63) is 33.8 Å². The van der Waals surface area contributed by atoms with Gasteiger partial charge in [-0.3, -0.25) is 0 Å². The molecular weight excluding hydrogens is 276 g/mol. The van der Waals surface area contributed by atoms with E-state index < -0.39 is 0 Å². The molecule has 0 saturated heterocycles. The standard InChI is InChI=1S/C14H21BrN2/c1-11-9-13(15)4-3-12(11)10-17(2)8-7-16-14-5-6-14/h3-4,9,14,16H,5-8,10H2,1-2H3. The van der Waals surface area contributed by atoms with Gasteiger partial charge in [-0.05, 0) is 50.1 Å². The highest BCUT2D eigenvalue weighted by atomic mass is 79.9. The smallest absolute Gasteiger partial charge is 0.0233 e. The van der Waals surface area contributed by atoms with Gasteiger partial charge in [-0.1, -0.05) is 22.0 Å². The van der Waals surface area contributed by atoms with Crippen molar-refractivity contribution in [1.82, 2.24) is 10.2 Å². The third-order valence-corrected chi connectivity index (χ3v) is 3.74. The molecule has 0 bridgehead atoms. The SMILES string of the molecule is Cc1cc(Br)ccc1CN(C)CCNC1CC1. The number of rotatable bonds is 6. The Labute approximate surface area is 113 Å². The highest BCUT2D eigenvalue weighted by Gasteiger charge is 2.19. The number of hydrogen-bond acceptors (Lipinski definition) is 2. The Hall–Kier alpha value is -0.380. The molecule has 2 rings (SSSR count). The van der Waals surface area contributed by atoms with Gasteiger partial charge in [0.2, 0.25) is 0 Å². The van der Waals surface area contributed by atoms with Crippen molar-refractivity contribution >= 4 is 15.9 Å². The molecule has 2 nitrogen and oxygen atoms in total. The molecule has 0 heterocycles. The molecular formula is C14H21BrN2. The van der Waals surface area contributed by atoms with Crippen LogP contribution in [0.4, 0.5) is 0 Å². The number of halogens is 1. The summed E-state index contributed by atoms with van der Waals surface area (Å²) in [5.74, 6) is 0. The fourth-order valence-corrected chi connectivity index (χ4v) is 2.43. The molecule has 0 aromatic heterocycles. The lowest BCUT2D eigenvalue weighted by Crippen LogP contribution is -2.30. The Bertz CT molecular complexity index is 374. The summed E-state index contributed by atoms with van der Waals surface area (Å²) in [6.45, 7) is 5.44. The number of hydrogen-bond donors (Lipinski definition) is 1. The highest BCUT2D eigenvalue weighted by molar-refractivity contribution is 9.10. The van der Waals surface area contributed by atoms with Crippen molar-refractivity contribution in [2.24, 2.45) is 0 Å². The van der Waals surface area contributed by atoms with Gasteiger partial charge >= 0.3 is 0 Å². The molecule has 94 valence electrons. The molecule has 1 saturated carbocycles. The molecule has 1 N–H and O–H groups in total. The van der Waals surface area contributed by atoms with Crippen molar-refractivity contribution in [2.45, 2.75) is 32.4 Å². The average molecular weight is 297 g/mol. The van der Waals surface area contributed by atoms with Gasteiger partial charge < -0.3 is 10.2 Å². The van der Waals surface area contributed by atoms with E-state index in [1.54, 1.807) is 0 Å². The zero-order valence-corrected chi connectivity index (χ0v) is 12.3. The predicted octanol–water partition coefficient (Wildman–Crippen LogP) is 2.94. The van der Waals surface area contributed by atoms with Crippen LogP contribution in [-0.2, 0) is 6.54 Å². The Morgan fingerprint density at radius 3 is 2.82 bits per heavy atom. The quantitative estimate of drug-likeness (QED) is 0.868. The number of nitrogens with one attached hydrogen (secondary N) is 1. The molecule has 0 aliphatic heterocycles. The number of nitrogens with zero attached hydrogens (tertiary/aromatic N) is 1. The molecule has 1 aromatic rings. The van der Waals surface area contributed by atoms with Crippen molar-refractivity contribution in [3.63, 3.8) is 0 Å². The minimum Gasteiger partial charge on any atom is -0.313 e. The van der Waals surface area contributed by atoms with Gasteiger partial charge in [-0.25, -0.2) is 0 Å². The third kappa shape index (κ3) is 4.41. The summed E-state index contributed by atoms with van der Waals surface area (Å²) in [6, 6.07) is 7.34. The fraction of sp³-hybridized carbons (Fsp3) is 0.571. The summed E-state index contributed by atoms with van der Waals surface area (Å²) in [4.78, 5) is 2.38. The second kappa shape index (κ2) is 5.98. The summed E-state index contributed by atoms with van der Waals surface area (Å²) in [5.41, 5.74) is 2.78. The molecule has 1 aliphatic rings. The summed E-state index contributed by atoms with van der Waals surface area (Å²) in [7, 11) is 2.19. The van der Waals surface area contributed by atoms with Gasteiger partial charge in [0.25, 0.3) is 0 Å². The van der Waals surface area contributed by atoms with Crippen LogP contribution in [0.5, 0.6) is 0 Å². The highest BCUT2D eigenvalue weighted by Crippen LogP contribution is 2.18. The molecule has 0 amide bonds. The van der Waals surface area contributed by atoms with Crippen LogP contribution in [0.1, 0.15) is 24.0 Å². The van der Waals surface area contributed by atoms with Crippen molar-refractivity contribution < 1.29 is 0 Å². The van der Waals surface area contributed by atoms with Crippen LogP contribution in [0.25, 0.3) is 0 Å². The van der Waals surface area contributed by atoms with E-state index in [4.69, 9.17) is 0 Å². The topological polar surface area (TPSA) is 15.3 Å². The summed E-state index contributed by atoms with van der Waals surface area (Å²) in [5, 5.41) is 3.55. The lowest BCUT2D eigenvalue weighted by atomic mass is 10.1. The molecule has 1 fully saturated rings. The van der Waals surface area contributed by atoms with Crippen molar-refractivity contribution in [2.75, 3.05) is 20.1 Å². The minimum absolute atomic E-state index is 0.817. The minimum atomic E-state index is 0.817. The summed E-state index contributed by atoms with van der Waals surface area (Å²) >= 11 is 3.50. The second-order valence-electron chi connectivity index (χ2n) is 5.04. The maximum absolute atomic E-state index is 3.55. The van der Waals surface area contributed by atoms with Crippen LogP contribution in [0.15, 0.2) is 22.7 Å². The fourth-order valence-electron chi connectivity index (χ4n) is 1.95. The van der Waals surface area contributed by atoms with Gasteiger partial charge in [-0.15, -0.1) is 0 Å². The monoisotopic (exact) mass is 296 g/mol. The Morgan fingerprint density at radius 1 is 1.41 bits per heavy atom. The van der Waals surface area contributed by atoms with Crippen LogP contribution in [0.3, 0.4) is 0 Å². The second-order valence-corrected chi connectivity index (χ2v) is 5.95. The van der Waals surface area contributed by atoms with Gasteiger partial charge in [0.05, 0.1) is 0 Å². The van der Waals surface area contributed by atoms with E-state index >= 15 is 0 Å². The van der Waals surface area contributed by atoms with Crippen LogP contribution >= 0.6 is 15.9 Å². The number of benzene rings is 1. The van der Waals surface area contributed by atoms with Gasteiger partial charge in [0.15, 0.2) is 0 Å². The van der Waals surface area contributed by atoms with Crippen LogP contribution in [-0.4, -0.2) is 31.1 Å². The molecule has 1 aromatic carbocycles. The first-order valence-corrected chi connectivity index (χ1v) is 7.11. The van der Waals surface area contributed by atoms with Crippen LogP contribution in [0.2, 0.25) is 0 Å². The molecule has 3 heteroatoms. The van der Waals surface area contributed by atoms with Gasteiger partial charge in [0, 0.05) is 30.1 Å². The molecule has 0 unspecified atom stereocenters. The van der Waals surface area contributed by atoms with E-state index in [0.717, 1.165) is 30.1 Å². The molecule has 1 aliphatic carbocycles. The third-order valence-electron chi connectivity index (χ3n) is 3.25. The van der Waals surface area contributed by atoms with Crippen LogP contribution < -0.4 is 5.32 Å². The lowest BCUT2D eigenvalue weighted by Gasteiger charge is -2.18. The zero-order chi connectivity index (χ0) is 12.3. The summed E-state index contributed by atoms with van der Waals surface area (Å²) in [6.07, 6.45) is 2.74. The van der Waals surface area contributed by atoms with E-state index in [0.29, 0.717) is 0 Å². The Morgan fingerprint density at radius 2 is 2.18 bits per heavy atom. The van der Waals surface area contributed by atoms with E-state index in [-0.39, 0.29) is 0 Å². The first-order valence-electron chi connectivity index (χ1n) is 6.32. The van der Waals surface area contributed by atoms with Gasteiger partial charge in [0.1, 0.15) is 0 Å². The van der Waals surface area contributed by atoms with E-state index in [1.165, 1.54) is 24.0 Å². The maximum Gasteiger partial charge on any atom is 0.0233 e. The normalized spacial score (nSPS) is 15.5. The number of aryl methyl sites for hydroxylation is 1. The Balaban J connectivity index is 1.77. The van der Waals surface area contributed by atoms with Gasteiger partial charge in [-0.2, -0.15) is 0 Å². The molecule has 17 heavy (non-hydrogen) atoms. The average Bonchev–Trinajstić information content (AvgIpc) is 3.06. The largest absolute Gasteiger partial charge is 0.313 e. The number of likely N-dealkylation sites (N-methyl/N-ethyl adjacent to an activating group) is 1. The first-order chi connectivity index (χ1) is 8.15. The van der Waals surface area contributed by atoms with E-state index in [2.05, 4.69) is 58.3 Å². The predicted molar refractivity (Wildman–Crippen MR) is 76.2 cm³/mol. The van der Waals surface area contributed by atoms with E-state index in [9.17, 15) is 0 Å². The first kappa shape index (κ1) is 13.1. The van der Waals surface area contributed by atoms with Crippen LogP contribution in [0, 0.1) is 6.92 Å². The Kier molecular flexibility index (Phi) is 4.60. The zero-order valence-electron chi connectivity index (χ0n) is 10.7. The lowest BCUT2D eigenvalue weighted by molar-refractivity contribution is 0.323. The molecule has 0 spiro atoms. The molecule has 0 atom stereocenters. The van der Waals surface area contributed by atoms with Crippen molar-refractivity contribution in [3.8, 4) is 0 Å². The molecule has 0 radical (unpaired) electrons. The summed E-state index contributed by atoms with van der Waals surface area (Å²) < 4.78 is 1.16.